The molecule has 1 aliphatic rings. The summed E-state index contributed by atoms with van der Waals surface area (Å²) in [4.78, 5) is 11.3. The molecule has 1 unspecified atom stereocenters. The van der Waals surface area contributed by atoms with Gasteiger partial charge in [0.05, 0.1) is 23.6 Å². The van der Waals surface area contributed by atoms with E-state index in [1.54, 1.807) is 6.92 Å². The number of sulfonamides is 1. The number of benzene rings is 1. The Morgan fingerprint density at radius 1 is 1.50 bits per heavy atom. The van der Waals surface area contributed by atoms with E-state index >= 15 is 0 Å². The van der Waals surface area contributed by atoms with Crippen molar-refractivity contribution in [1.82, 2.24) is 4.72 Å². The fraction of sp³-hybridized carbons (Fsp3) is 0.462. The second-order valence-corrected chi connectivity index (χ2v) is 7.11. The van der Waals surface area contributed by atoms with Crippen molar-refractivity contribution in [2.75, 3.05) is 20.3 Å². The molecule has 0 aliphatic carbocycles. The molecule has 22 heavy (non-hydrogen) atoms. The Balaban J connectivity index is 2.43. The van der Waals surface area contributed by atoms with Crippen molar-refractivity contribution in [3.63, 3.8) is 0 Å². The maximum absolute atomic E-state index is 12.5. The minimum Gasteiger partial charge on any atom is -0.495 e. The molecule has 0 spiro atoms. The van der Waals surface area contributed by atoms with Gasteiger partial charge in [0.2, 0.25) is 10.0 Å². The molecule has 1 heterocycles. The third-order valence-corrected chi connectivity index (χ3v) is 5.47. The molecular weight excluding hydrogens is 334 g/mol. The summed E-state index contributed by atoms with van der Waals surface area (Å²) in [6.07, 6.45) is 0.0600. The van der Waals surface area contributed by atoms with Crippen LogP contribution in [0.5, 0.6) is 5.75 Å². The Kier molecular flexibility index (Phi) is 4.67. The van der Waals surface area contributed by atoms with Crippen molar-refractivity contribution < 1.29 is 27.8 Å². The molecule has 0 aromatic heterocycles. The van der Waals surface area contributed by atoms with Crippen LogP contribution in [0.2, 0.25) is 5.02 Å². The normalized spacial score (nSPS) is 21.8. The highest BCUT2D eigenvalue weighted by atomic mass is 35.5. The average Bonchev–Trinajstić information content (AvgIpc) is 2.89. The molecule has 9 heteroatoms. The van der Waals surface area contributed by atoms with Gasteiger partial charge in [-0.25, -0.2) is 8.42 Å². The SMILES string of the molecule is COc1cc(C)c(S(=O)(=O)NC2(C(=O)O)CCOC2)cc1Cl. The molecule has 1 fully saturated rings. The first-order valence-electron chi connectivity index (χ1n) is 6.41. The fourth-order valence-corrected chi connectivity index (χ4v) is 4.19. The largest absolute Gasteiger partial charge is 0.495 e. The monoisotopic (exact) mass is 349 g/mol. The minimum atomic E-state index is -4.08. The summed E-state index contributed by atoms with van der Waals surface area (Å²) < 4.78 is 37.4. The lowest BCUT2D eigenvalue weighted by atomic mass is 10.0. The van der Waals surface area contributed by atoms with Crippen molar-refractivity contribution in [2.45, 2.75) is 23.8 Å². The van der Waals surface area contributed by atoms with Crippen molar-refractivity contribution in [3.05, 3.63) is 22.7 Å². The van der Waals surface area contributed by atoms with E-state index in [2.05, 4.69) is 4.72 Å². The van der Waals surface area contributed by atoms with Crippen LogP contribution in [0.3, 0.4) is 0 Å². The third-order valence-electron chi connectivity index (χ3n) is 3.50. The number of aryl methyl sites for hydroxylation is 1. The number of halogens is 1. The van der Waals surface area contributed by atoms with Crippen molar-refractivity contribution in [1.29, 1.82) is 0 Å². The number of ether oxygens (including phenoxy) is 2. The number of carboxylic acids is 1. The van der Waals surface area contributed by atoms with Gasteiger partial charge in [-0.15, -0.1) is 0 Å². The second kappa shape index (κ2) is 6.04. The molecule has 0 radical (unpaired) electrons. The first-order valence-corrected chi connectivity index (χ1v) is 8.27. The quantitative estimate of drug-likeness (QED) is 0.827. The molecule has 2 N–H and O–H groups in total. The molecule has 0 amide bonds. The highest BCUT2D eigenvalue weighted by Gasteiger charge is 2.46. The van der Waals surface area contributed by atoms with E-state index in [1.165, 1.54) is 19.2 Å². The van der Waals surface area contributed by atoms with Crippen LogP contribution < -0.4 is 9.46 Å². The Morgan fingerprint density at radius 3 is 2.68 bits per heavy atom. The molecule has 7 nitrogen and oxygen atoms in total. The highest BCUT2D eigenvalue weighted by Crippen LogP contribution is 2.31. The maximum Gasteiger partial charge on any atom is 0.327 e. The van der Waals surface area contributed by atoms with Crippen LogP contribution in [0, 0.1) is 6.92 Å². The fourth-order valence-electron chi connectivity index (χ4n) is 2.25. The van der Waals surface area contributed by atoms with Crippen LogP contribution in [0.4, 0.5) is 0 Å². The van der Waals surface area contributed by atoms with E-state index in [4.69, 9.17) is 21.1 Å². The molecule has 0 saturated carbocycles. The van der Waals surface area contributed by atoms with E-state index in [0.717, 1.165) is 0 Å². The Labute approximate surface area is 133 Å². The van der Waals surface area contributed by atoms with Crippen LogP contribution in [0.15, 0.2) is 17.0 Å². The number of aliphatic carboxylic acids is 1. The number of carboxylic acid groups (broad SMARTS) is 1. The molecule has 1 atom stereocenters. The first-order chi connectivity index (χ1) is 10.2. The standard InChI is InChI=1S/C13H16ClNO6S/c1-8-5-10(20-2)9(14)6-11(8)22(18,19)15-13(12(16)17)3-4-21-7-13/h5-6,15H,3-4,7H2,1-2H3,(H,16,17). The van der Waals surface area contributed by atoms with Gasteiger partial charge in [0.15, 0.2) is 5.54 Å². The van der Waals surface area contributed by atoms with Crippen LogP contribution >= 0.6 is 11.6 Å². The van der Waals surface area contributed by atoms with E-state index in [9.17, 15) is 18.3 Å². The molecule has 122 valence electrons. The van der Waals surface area contributed by atoms with E-state index in [0.29, 0.717) is 11.3 Å². The van der Waals surface area contributed by atoms with E-state index in [-0.39, 0.29) is 29.6 Å². The minimum absolute atomic E-state index is 0.0600. The molecule has 1 aromatic rings. The van der Waals surface area contributed by atoms with Gasteiger partial charge in [0.1, 0.15) is 5.75 Å². The molecule has 2 rings (SSSR count). The zero-order valence-corrected chi connectivity index (χ0v) is 13.6. The Morgan fingerprint density at radius 2 is 2.18 bits per heavy atom. The molecule has 0 bridgehead atoms. The summed E-state index contributed by atoms with van der Waals surface area (Å²) in [5.41, 5.74) is -1.26. The number of methoxy groups -OCH3 is 1. The predicted molar refractivity (Wildman–Crippen MR) is 78.9 cm³/mol. The Hall–Kier alpha value is -1.35. The summed E-state index contributed by atoms with van der Waals surface area (Å²) in [5.74, 6) is -0.930. The molecule has 1 saturated heterocycles. The predicted octanol–water partition coefficient (Wildman–Crippen LogP) is 1.18. The first kappa shape index (κ1) is 17.0. The summed E-state index contributed by atoms with van der Waals surface area (Å²) in [6, 6.07) is 2.72. The lowest BCUT2D eigenvalue weighted by Gasteiger charge is -2.24. The van der Waals surface area contributed by atoms with Crippen molar-refractivity contribution in [2.24, 2.45) is 0 Å². The van der Waals surface area contributed by atoms with Crippen molar-refractivity contribution >= 4 is 27.6 Å². The smallest absolute Gasteiger partial charge is 0.327 e. The summed E-state index contributed by atoms with van der Waals surface area (Å²) >= 11 is 5.96. The van der Waals surface area contributed by atoms with Gasteiger partial charge in [-0.05, 0) is 24.6 Å². The van der Waals surface area contributed by atoms with Gasteiger partial charge in [0, 0.05) is 13.0 Å². The van der Waals surface area contributed by atoms with Crippen LogP contribution in [-0.4, -0.2) is 45.4 Å². The number of nitrogens with one attached hydrogen (secondary N) is 1. The number of hydrogen-bond acceptors (Lipinski definition) is 5. The topological polar surface area (TPSA) is 102 Å². The Bertz CT molecular complexity index is 697. The molecule has 1 aromatic carbocycles. The zero-order valence-electron chi connectivity index (χ0n) is 12.1. The highest BCUT2D eigenvalue weighted by molar-refractivity contribution is 7.89. The lowest BCUT2D eigenvalue weighted by molar-refractivity contribution is -0.144. The lowest BCUT2D eigenvalue weighted by Crippen LogP contribution is -2.55. The van der Waals surface area contributed by atoms with Crippen LogP contribution in [0.1, 0.15) is 12.0 Å². The van der Waals surface area contributed by atoms with Gasteiger partial charge in [0.25, 0.3) is 0 Å². The van der Waals surface area contributed by atoms with Gasteiger partial charge < -0.3 is 14.6 Å². The molecule has 1 aliphatic heterocycles. The van der Waals surface area contributed by atoms with Gasteiger partial charge in [-0.2, -0.15) is 4.72 Å². The molecular formula is C13H16ClNO6S. The van der Waals surface area contributed by atoms with Crippen molar-refractivity contribution in [3.8, 4) is 5.75 Å². The van der Waals surface area contributed by atoms with Crippen LogP contribution in [0.25, 0.3) is 0 Å². The number of hydrogen-bond donors (Lipinski definition) is 2. The van der Waals surface area contributed by atoms with E-state index < -0.39 is 21.5 Å². The summed E-state index contributed by atoms with van der Waals surface area (Å²) in [5, 5.41) is 9.45. The average molecular weight is 350 g/mol. The van der Waals surface area contributed by atoms with Gasteiger partial charge >= 0.3 is 5.97 Å². The van der Waals surface area contributed by atoms with Gasteiger partial charge in [-0.3, -0.25) is 4.79 Å². The second-order valence-electron chi connectivity index (χ2n) is 5.05. The van der Waals surface area contributed by atoms with E-state index in [1.807, 2.05) is 0 Å². The number of carbonyl (C=O) groups is 1. The third kappa shape index (κ3) is 3.05. The maximum atomic E-state index is 12.5. The number of rotatable bonds is 5. The zero-order chi connectivity index (χ0) is 16.5. The summed E-state index contributed by atoms with van der Waals surface area (Å²) in [7, 11) is -2.66. The van der Waals surface area contributed by atoms with Gasteiger partial charge in [-0.1, -0.05) is 11.6 Å². The van der Waals surface area contributed by atoms with Crippen LogP contribution in [-0.2, 0) is 19.6 Å². The summed E-state index contributed by atoms with van der Waals surface area (Å²) in [6.45, 7) is 1.54.